The van der Waals surface area contributed by atoms with Crippen LogP contribution >= 0.6 is 0 Å². The Hall–Kier alpha value is -2.58. The van der Waals surface area contributed by atoms with Crippen LogP contribution in [0.5, 0.6) is 5.75 Å². The number of piperidine rings is 1. The maximum absolute atomic E-state index is 12.8. The second-order valence-corrected chi connectivity index (χ2v) is 9.14. The molecule has 2 N–H and O–H groups in total. The van der Waals surface area contributed by atoms with Crippen molar-refractivity contribution in [2.45, 2.75) is 37.2 Å². The molecule has 162 valence electrons. The lowest BCUT2D eigenvalue weighted by Gasteiger charge is -2.25. The number of benzene rings is 2. The van der Waals surface area contributed by atoms with Crippen LogP contribution in [-0.4, -0.2) is 45.9 Å². The van der Waals surface area contributed by atoms with Crippen molar-refractivity contribution in [3.63, 3.8) is 0 Å². The monoisotopic (exact) mass is 430 g/mol. The number of guanidine groups is 1. The average Bonchev–Trinajstić information content (AvgIpc) is 2.80. The standard InChI is InChI=1S/C22H30N4O3S/c1-23-22(25-17-19-8-4-5-9-21(19)29-2)24-16-18-10-12-20(13-11-18)30(27,28)26-14-6-3-7-15-26/h4-5,8-13H,3,6-7,14-17H2,1-2H3,(H2,23,24,25). The third-order valence-corrected chi connectivity index (χ3v) is 7.11. The van der Waals surface area contributed by atoms with Crippen LogP contribution in [0.4, 0.5) is 0 Å². The fourth-order valence-corrected chi connectivity index (χ4v) is 4.99. The normalized spacial score (nSPS) is 15.6. The first-order chi connectivity index (χ1) is 14.5. The number of hydrogen-bond acceptors (Lipinski definition) is 4. The molecular formula is C22H30N4O3S. The van der Waals surface area contributed by atoms with Crippen LogP contribution < -0.4 is 15.4 Å². The smallest absolute Gasteiger partial charge is 0.243 e. The summed E-state index contributed by atoms with van der Waals surface area (Å²) in [5.41, 5.74) is 2.02. The minimum Gasteiger partial charge on any atom is -0.496 e. The van der Waals surface area contributed by atoms with E-state index >= 15 is 0 Å². The third kappa shape index (κ3) is 5.52. The number of ether oxygens (including phenoxy) is 1. The lowest BCUT2D eigenvalue weighted by molar-refractivity contribution is 0.346. The van der Waals surface area contributed by atoms with E-state index in [0.29, 0.717) is 37.0 Å². The van der Waals surface area contributed by atoms with Crippen molar-refractivity contribution >= 4 is 16.0 Å². The minimum absolute atomic E-state index is 0.354. The molecular weight excluding hydrogens is 400 g/mol. The number of nitrogens with zero attached hydrogens (tertiary/aromatic N) is 2. The van der Waals surface area contributed by atoms with Gasteiger partial charge in [0.1, 0.15) is 5.75 Å². The van der Waals surface area contributed by atoms with Gasteiger partial charge in [0.15, 0.2) is 5.96 Å². The molecule has 2 aromatic carbocycles. The van der Waals surface area contributed by atoms with E-state index in [-0.39, 0.29) is 0 Å². The van der Waals surface area contributed by atoms with E-state index in [1.807, 2.05) is 36.4 Å². The van der Waals surface area contributed by atoms with Crippen LogP contribution in [-0.2, 0) is 23.1 Å². The quantitative estimate of drug-likeness (QED) is 0.521. The predicted octanol–water partition coefficient (Wildman–Crippen LogP) is 2.74. The molecule has 1 heterocycles. The molecule has 0 spiro atoms. The Labute approximate surface area is 179 Å². The van der Waals surface area contributed by atoms with Gasteiger partial charge >= 0.3 is 0 Å². The minimum atomic E-state index is -3.40. The summed E-state index contributed by atoms with van der Waals surface area (Å²) < 4.78 is 32.5. The number of methoxy groups -OCH3 is 1. The first kappa shape index (κ1) is 22.1. The molecule has 0 saturated carbocycles. The van der Waals surface area contributed by atoms with Gasteiger partial charge < -0.3 is 15.4 Å². The summed E-state index contributed by atoms with van der Waals surface area (Å²) in [6, 6.07) is 14.9. The van der Waals surface area contributed by atoms with Crippen LogP contribution in [0, 0.1) is 0 Å². The Morgan fingerprint density at radius 2 is 1.67 bits per heavy atom. The van der Waals surface area contributed by atoms with Gasteiger partial charge in [-0.3, -0.25) is 4.99 Å². The second-order valence-electron chi connectivity index (χ2n) is 7.20. The van der Waals surface area contributed by atoms with Gasteiger partial charge in [0.2, 0.25) is 10.0 Å². The van der Waals surface area contributed by atoms with E-state index < -0.39 is 10.0 Å². The molecule has 0 unspecified atom stereocenters. The molecule has 1 saturated heterocycles. The predicted molar refractivity (Wildman–Crippen MR) is 119 cm³/mol. The van der Waals surface area contributed by atoms with Gasteiger partial charge in [-0.15, -0.1) is 0 Å². The number of para-hydroxylation sites is 1. The van der Waals surface area contributed by atoms with Crippen LogP contribution in [0.25, 0.3) is 0 Å². The summed E-state index contributed by atoms with van der Waals surface area (Å²) in [7, 11) is -0.0277. The van der Waals surface area contributed by atoms with Crippen molar-refractivity contribution in [3.8, 4) is 5.75 Å². The largest absolute Gasteiger partial charge is 0.496 e. The van der Waals surface area contributed by atoms with Crippen molar-refractivity contribution in [1.29, 1.82) is 0 Å². The van der Waals surface area contributed by atoms with Gasteiger partial charge in [0.25, 0.3) is 0 Å². The van der Waals surface area contributed by atoms with Gasteiger partial charge in [0.05, 0.1) is 12.0 Å². The summed E-state index contributed by atoms with van der Waals surface area (Å²) >= 11 is 0. The molecule has 7 nitrogen and oxygen atoms in total. The summed E-state index contributed by atoms with van der Waals surface area (Å²) in [6.45, 7) is 2.34. The molecule has 1 aliphatic rings. The van der Waals surface area contributed by atoms with Crippen molar-refractivity contribution in [3.05, 3.63) is 59.7 Å². The Bertz CT molecular complexity index is 953. The zero-order chi connectivity index (χ0) is 21.4. The lowest BCUT2D eigenvalue weighted by Crippen LogP contribution is -2.36. The zero-order valence-corrected chi connectivity index (χ0v) is 18.4. The van der Waals surface area contributed by atoms with E-state index in [0.717, 1.165) is 36.1 Å². The highest BCUT2D eigenvalue weighted by Gasteiger charge is 2.25. The molecule has 1 aliphatic heterocycles. The van der Waals surface area contributed by atoms with Crippen molar-refractivity contribution in [2.24, 2.45) is 4.99 Å². The highest BCUT2D eigenvalue weighted by molar-refractivity contribution is 7.89. The number of aliphatic imine (C=N–C) groups is 1. The molecule has 3 rings (SSSR count). The fourth-order valence-electron chi connectivity index (χ4n) is 3.47. The first-order valence-corrected chi connectivity index (χ1v) is 11.6. The fraction of sp³-hybridized carbons (Fsp3) is 0.409. The van der Waals surface area contributed by atoms with Gasteiger partial charge in [-0.05, 0) is 36.6 Å². The van der Waals surface area contributed by atoms with Crippen molar-refractivity contribution in [2.75, 3.05) is 27.2 Å². The van der Waals surface area contributed by atoms with Crippen molar-refractivity contribution < 1.29 is 13.2 Å². The lowest BCUT2D eigenvalue weighted by atomic mass is 10.2. The highest BCUT2D eigenvalue weighted by Crippen LogP contribution is 2.21. The summed E-state index contributed by atoms with van der Waals surface area (Å²) in [5, 5.41) is 6.52. The van der Waals surface area contributed by atoms with Crippen LogP contribution in [0.1, 0.15) is 30.4 Å². The Morgan fingerprint density at radius 3 is 2.33 bits per heavy atom. The molecule has 2 aromatic rings. The van der Waals surface area contributed by atoms with Gasteiger partial charge in [-0.1, -0.05) is 36.8 Å². The van der Waals surface area contributed by atoms with E-state index in [1.165, 1.54) is 0 Å². The molecule has 0 aliphatic carbocycles. The average molecular weight is 431 g/mol. The molecule has 1 fully saturated rings. The van der Waals surface area contributed by atoms with Crippen LogP contribution in [0.3, 0.4) is 0 Å². The summed E-state index contributed by atoms with van der Waals surface area (Å²) in [4.78, 5) is 4.60. The molecule has 0 radical (unpaired) electrons. The molecule has 0 amide bonds. The SMILES string of the molecule is CN=C(NCc1ccc(S(=O)(=O)N2CCCCC2)cc1)NCc1ccccc1OC. The number of sulfonamides is 1. The maximum Gasteiger partial charge on any atom is 0.243 e. The number of rotatable bonds is 7. The zero-order valence-electron chi connectivity index (χ0n) is 17.6. The second kappa shape index (κ2) is 10.4. The Kier molecular flexibility index (Phi) is 7.70. The molecule has 30 heavy (non-hydrogen) atoms. The van der Waals surface area contributed by atoms with Gasteiger partial charge in [0, 0.05) is 38.8 Å². The van der Waals surface area contributed by atoms with E-state index in [4.69, 9.17) is 4.74 Å². The number of nitrogens with one attached hydrogen (secondary N) is 2. The van der Waals surface area contributed by atoms with Gasteiger partial charge in [-0.2, -0.15) is 4.31 Å². The van der Waals surface area contributed by atoms with Crippen molar-refractivity contribution in [1.82, 2.24) is 14.9 Å². The maximum atomic E-state index is 12.8. The van der Waals surface area contributed by atoms with Crippen LogP contribution in [0.15, 0.2) is 58.4 Å². The Balaban J connectivity index is 1.56. The summed E-state index contributed by atoms with van der Waals surface area (Å²) in [5.74, 6) is 1.48. The van der Waals surface area contributed by atoms with E-state index in [1.54, 1.807) is 30.6 Å². The van der Waals surface area contributed by atoms with E-state index in [2.05, 4.69) is 15.6 Å². The molecule has 0 aromatic heterocycles. The first-order valence-electron chi connectivity index (χ1n) is 10.2. The highest BCUT2D eigenvalue weighted by atomic mass is 32.2. The Morgan fingerprint density at radius 1 is 1.00 bits per heavy atom. The van der Waals surface area contributed by atoms with Crippen LogP contribution in [0.2, 0.25) is 0 Å². The molecule has 8 heteroatoms. The molecule has 0 bridgehead atoms. The third-order valence-electron chi connectivity index (χ3n) is 5.20. The van der Waals surface area contributed by atoms with E-state index in [9.17, 15) is 8.42 Å². The van der Waals surface area contributed by atoms with Gasteiger partial charge in [-0.25, -0.2) is 8.42 Å². The molecule has 0 atom stereocenters. The number of hydrogen-bond donors (Lipinski definition) is 2. The topological polar surface area (TPSA) is 83.0 Å². The summed E-state index contributed by atoms with van der Waals surface area (Å²) in [6.07, 6.45) is 2.97.